The monoisotopic (exact) mass is 338 g/mol. The molecule has 3 heterocycles. The van der Waals surface area contributed by atoms with Crippen molar-refractivity contribution in [3.05, 3.63) is 41.7 Å². The van der Waals surface area contributed by atoms with E-state index in [0.29, 0.717) is 6.54 Å². The van der Waals surface area contributed by atoms with Gasteiger partial charge in [-0.05, 0) is 12.5 Å². The Morgan fingerprint density at radius 3 is 2.72 bits per heavy atom. The summed E-state index contributed by atoms with van der Waals surface area (Å²) in [5.74, 6) is 1.53. The number of aromatic nitrogens is 5. The molecule has 4 rings (SSSR count). The fraction of sp³-hybridized carbons (Fsp3) is 0.444. The molecule has 1 aliphatic heterocycles. The van der Waals surface area contributed by atoms with Crippen LogP contribution in [0.1, 0.15) is 24.2 Å². The molecule has 130 valence electrons. The van der Waals surface area contributed by atoms with Crippen LogP contribution in [0.25, 0.3) is 11.2 Å². The topological polar surface area (TPSA) is 73.0 Å². The molecule has 0 amide bonds. The SMILES string of the molecule is Cc1nc(NCC[NH+]2CCCC2)c2nnn(Cc3ccccc3)c2n1. The van der Waals surface area contributed by atoms with Gasteiger partial charge in [0.1, 0.15) is 5.82 Å². The van der Waals surface area contributed by atoms with Gasteiger partial charge in [-0.1, -0.05) is 35.5 Å². The van der Waals surface area contributed by atoms with Gasteiger partial charge in [0, 0.05) is 12.8 Å². The molecule has 1 saturated heterocycles. The van der Waals surface area contributed by atoms with E-state index < -0.39 is 0 Å². The van der Waals surface area contributed by atoms with E-state index in [2.05, 4.69) is 37.7 Å². The molecule has 1 aromatic carbocycles. The Bertz CT molecular complexity index is 837. The molecular formula is C18H24N7+. The number of quaternary nitrogens is 1. The van der Waals surface area contributed by atoms with Crippen molar-refractivity contribution in [1.82, 2.24) is 25.0 Å². The summed E-state index contributed by atoms with van der Waals surface area (Å²) in [7, 11) is 0. The Morgan fingerprint density at radius 1 is 1.12 bits per heavy atom. The molecule has 1 fully saturated rings. The minimum atomic E-state index is 0.658. The predicted octanol–water partition coefficient (Wildman–Crippen LogP) is 0.669. The highest BCUT2D eigenvalue weighted by atomic mass is 15.4. The van der Waals surface area contributed by atoms with Crippen LogP contribution in [0, 0.1) is 6.92 Å². The van der Waals surface area contributed by atoms with Gasteiger partial charge in [-0.15, -0.1) is 5.10 Å². The normalized spacial score (nSPS) is 15.1. The molecule has 7 nitrogen and oxygen atoms in total. The molecule has 25 heavy (non-hydrogen) atoms. The second-order valence-corrected chi connectivity index (χ2v) is 6.66. The van der Waals surface area contributed by atoms with Crippen molar-refractivity contribution in [1.29, 1.82) is 0 Å². The van der Waals surface area contributed by atoms with Gasteiger partial charge >= 0.3 is 0 Å². The smallest absolute Gasteiger partial charge is 0.184 e. The molecular weight excluding hydrogens is 314 g/mol. The first kappa shape index (κ1) is 16.0. The van der Waals surface area contributed by atoms with E-state index in [-0.39, 0.29) is 0 Å². The van der Waals surface area contributed by atoms with E-state index in [1.165, 1.54) is 31.5 Å². The van der Waals surface area contributed by atoms with Crippen molar-refractivity contribution < 1.29 is 4.90 Å². The Hall–Kier alpha value is -2.54. The van der Waals surface area contributed by atoms with Crippen molar-refractivity contribution in [3.8, 4) is 0 Å². The fourth-order valence-corrected chi connectivity index (χ4v) is 3.43. The molecule has 0 bridgehead atoms. The third kappa shape index (κ3) is 3.61. The molecule has 2 aromatic heterocycles. The average molecular weight is 338 g/mol. The van der Waals surface area contributed by atoms with Crippen LogP contribution in [0.15, 0.2) is 30.3 Å². The number of likely N-dealkylation sites (tertiary alicyclic amines) is 1. The van der Waals surface area contributed by atoms with Crippen molar-refractivity contribution in [2.75, 3.05) is 31.5 Å². The number of nitrogens with one attached hydrogen (secondary N) is 2. The van der Waals surface area contributed by atoms with Crippen molar-refractivity contribution in [2.45, 2.75) is 26.3 Å². The van der Waals surface area contributed by atoms with E-state index in [9.17, 15) is 0 Å². The van der Waals surface area contributed by atoms with E-state index in [1.54, 1.807) is 4.90 Å². The highest BCUT2D eigenvalue weighted by molar-refractivity contribution is 5.82. The van der Waals surface area contributed by atoms with Crippen molar-refractivity contribution in [2.24, 2.45) is 0 Å². The van der Waals surface area contributed by atoms with Gasteiger partial charge in [0.2, 0.25) is 0 Å². The van der Waals surface area contributed by atoms with E-state index in [0.717, 1.165) is 35.9 Å². The lowest BCUT2D eigenvalue weighted by Crippen LogP contribution is -3.10. The zero-order valence-corrected chi connectivity index (χ0v) is 14.6. The van der Waals surface area contributed by atoms with Gasteiger partial charge in [-0.2, -0.15) is 0 Å². The van der Waals surface area contributed by atoms with Crippen LogP contribution < -0.4 is 10.2 Å². The highest BCUT2D eigenvalue weighted by Gasteiger charge is 2.16. The minimum absolute atomic E-state index is 0.658. The van der Waals surface area contributed by atoms with E-state index in [1.807, 2.05) is 29.8 Å². The quantitative estimate of drug-likeness (QED) is 0.691. The van der Waals surface area contributed by atoms with Gasteiger partial charge in [0.25, 0.3) is 0 Å². The Morgan fingerprint density at radius 2 is 1.92 bits per heavy atom. The summed E-state index contributed by atoms with van der Waals surface area (Å²) in [5, 5.41) is 12.1. The third-order valence-corrected chi connectivity index (χ3v) is 4.73. The molecule has 1 aliphatic rings. The van der Waals surface area contributed by atoms with E-state index in [4.69, 9.17) is 0 Å². The molecule has 0 radical (unpaired) electrons. The van der Waals surface area contributed by atoms with Gasteiger partial charge in [0.05, 0.1) is 32.7 Å². The second-order valence-electron chi connectivity index (χ2n) is 6.66. The molecule has 0 unspecified atom stereocenters. The summed E-state index contributed by atoms with van der Waals surface area (Å²) < 4.78 is 1.84. The number of rotatable bonds is 6. The van der Waals surface area contributed by atoms with Crippen LogP contribution in [0.4, 0.5) is 5.82 Å². The van der Waals surface area contributed by atoms with Crippen LogP contribution in [0.3, 0.4) is 0 Å². The summed E-state index contributed by atoms with van der Waals surface area (Å²) in [6, 6.07) is 10.2. The van der Waals surface area contributed by atoms with Gasteiger partial charge < -0.3 is 10.2 Å². The first-order valence-corrected chi connectivity index (χ1v) is 8.99. The van der Waals surface area contributed by atoms with Gasteiger partial charge in [-0.3, -0.25) is 0 Å². The predicted molar refractivity (Wildman–Crippen MR) is 96.7 cm³/mol. The number of hydrogen-bond acceptors (Lipinski definition) is 5. The number of anilines is 1. The Kier molecular flexibility index (Phi) is 4.56. The largest absolute Gasteiger partial charge is 0.362 e. The maximum atomic E-state index is 4.56. The zero-order valence-electron chi connectivity index (χ0n) is 14.6. The van der Waals surface area contributed by atoms with Gasteiger partial charge in [-0.25, -0.2) is 14.6 Å². The summed E-state index contributed by atoms with van der Waals surface area (Å²) >= 11 is 0. The Balaban J connectivity index is 1.53. The third-order valence-electron chi connectivity index (χ3n) is 4.73. The summed E-state index contributed by atoms with van der Waals surface area (Å²) in [6.45, 7) is 7.15. The second kappa shape index (κ2) is 7.14. The summed E-state index contributed by atoms with van der Waals surface area (Å²) in [4.78, 5) is 10.8. The maximum absolute atomic E-state index is 4.56. The van der Waals surface area contributed by atoms with Crippen LogP contribution in [0.5, 0.6) is 0 Å². The number of fused-ring (bicyclic) bond motifs is 1. The summed E-state index contributed by atoms with van der Waals surface area (Å²) in [6.07, 6.45) is 2.69. The van der Waals surface area contributed by atoms with Crippen LogP contribution >= 0.6 is 0 Å². The Labute approximate surface area is 147 Å². The van der Waals surface area contributed by atoms with Gasteiger partial charge in [0.15, 0.2) is 17.0 Å². The van der Waals surface area contributed by atoms with Crippen molar-refractivity contribution >= 4 is 17.0 Å². The average Bonchev–Trinajstić information content (AvgIpc) is 3.26. The standard InChI is InChI=1S/C18H23N7/c1-14-20-17(19-9-12-24-10-5-6-11-24)16-18(21-14)25(23-22-16)13-15-7-3-2-4-8-15/h2-4,7-8H,5-6,9-13H2,1H3,(H,19,20,21)/p+1. The highest BCUT2D eigenvalue weighted by Crippen LogP contribution is 2.18. The maximum Gasteiger partial charge on any atom is 0.184 e. The lowest BCUT2D eigenvalue weighted by molar-refractivity contribution is -0.885. The molecule has 7 heteroatoms. The lowest BCUT2D eigenvalue weighted by Gasteiger charge is -2.13. The number of nitrogens with zero attached hydrogens (tertiary/aromatic N) is 5. The molecule has 0 aliphatic carbocycles. The fourth-order valence-electron chi connectivity index (χ4n) is 3.43. The molecule has 0 atom stereocenters. The van der Waals surface area contributed by atoms with Crippen molar-refractivity contribution in [3.63, 3.8) is 0 Å². The zero-order chi connectivity index (χ0) is 17.1. The van der Waals surface area contributed by atoms with E-state index >= 15 is 0 Å². The molecule has 0 saturated carbocycles. The number of aryl methyl sites for hydroxylation is 1. The number of benzene rings is 1. The van der Waals surface area contributed by atoms with Crippen LogP contribution in [-0.2, 0) is 6.54 Å². The minimum Gasteiger partial charge on any atom is -0.362 e. The molecule has 0 spiro atoms. The molecule has 3 aromatic rings. The molecule has 2 N–H and O–H groups in total. The summed E-state index contributed by atoms with van der Waals surface area (Å²) in [5.41, 5.74) is 2.71. The first-order valence-electron chi connectivity index (χ1n) is 8.99. The van der Waals surface area contributed by atoms with Crippen LogP contribution in [-0.4, -0.2) is 51.1 Å². The lowest BCUT2D eigenvalue weighted by atomic mass is 10.2. The number of hydrogen-bond donors (Lipinski definition) is 2. The first-order chi connectivity index (χ1) is 12.3. The van der Waals surface area contributed by atoms with Crippen LogP contribution in [0.2, 0.25) is 0 Å².